The van der Waals surface area contributed by atoms with Gasteiger partial charge in [-0.25, -0.2) is 4.98 Å². The van der Waals surface area contributed by atoms with Crippen LogP contribution in [-0.4, -0.2) is 28.5 Å². The zero-order chi connectivity index (χ0) is 17.6. The number of aromatic nitrogens is 1. The Hall–Kier alpha value is -1.53. The Morgan fingerprint density at radius 1 is 1.36 bits per heavy atom. The van der Waals surface area contributed by atoms with Gasteiger partial charge in [-0.2, -0.15) is 0 Å². The summed E-state index contributed by atoms with van der Waals surface area (Å²) in [5.41, 5.74) is 1.84. The molecule has 1 fully saturated rings. The molecule has 1 saturated carbocycles. The van der Waals surface area contributed by atoms with Crippen molar-refractivity contribution in [3.8, 4) is 17.0 Å². The van der Waals surface area contributed by atoms with Crippen molar-refractivity contribution in [1.29, 1.82) is 0 Å². The van der Waals surface area contributed by atoms with E-state index in [0.717, 1.165) is 17.0 Å². The molecule has 1 aliphatic rings. The average molecular weight is 377 g/mol. The summed E-state index contributed by atoms with van der Waals surface area (Å²) in [5.74, 6) is 0.843. The van der Waals surface area contributed by atoms with Crippen LogP contribution < -0.4 is 10.1 Å². The summed E-state index contributed by atoms with van der Waals surface area (Å²) in [6, 6.07) is 7.78. The number of carbonyl (C=O) groups excluding carboxylic acids is 1. The van der Waals surface area contributed by atoms with Gasteiger partial charge in [0.25, 0.3) is 0 Å². The van der Waals surface area contributed by atoms with Crippen molar-refractivity contribution in [2.24, 2.45) is 0 Å². The first-order valence-corrected chi connectivity index (χ1v) is 10.5. The molecule has 0 radical (unpaired) electrons. The second kappa shape index (κ2) is 8.72. The number of amides is 1. The smallest absolute Gasteiger partial charge is 0.238 e. The number of thiazole rings is 1. The standard InChI is InChI=1S/C19H24N2O2S2/c1-13(25-16-9-4-3-5-10-16)18(22)21-19-20-17(12-24-19)14-7-6-8-15(11-14)23-2/h6-8,11-13,16H,3-5,9-10H2,1-2H3,(H,20,21,22). The Labute approximate surface area is 157 Å². The molecule has 3 rings (SSSR count). The van der Waals surface area contributed by atoms with E-state index in [-0.39, 0.29) is 11.2 Å². The summed E-state index contributed by atoms with van der Waals surface area (Å²) < 4.78 is 5.25. The largest absolute Gasteiger partial charge is 0.497 e. The van der Waals surface area contributed by atoms with Gasteiger partial charge in [-0.05, 0) is 31.9 Å². The molecule has 134 valence electrons. The van der Waals surface area contributed by atoms with Gasteiger partial charge in [0.15, 0.2) is 5.13 Å². The van der Waals surface area contributed by atoms with Gasteiger partial charge < -0.3 is 10.1 Å². The number of benzene rings is 1. The molecule has 1 atom stereocenters. The van der Waals surface area contributed by atoms with E-state index in [1.54, 1.807) is 18.9 Å². The normalized spacial score (nSPS) is 16.4. The van der Waals surface area contributed by atoms with Gasteiger partial charge in [-0.1, -0.05) is 31.4 Å². The number of nitrogens with zero attached hydrogens (tertiary/aromatic N) is 1. The molecule has 0 bridgehead atoms. The Bertz CT molecular complexity index is 711. The number of hydrogen-bond donors (Lipinski definition) is 1. The summed E-state index contributed by atoms with van der Waals surface area (Å²) in [7, 11) is 1.65. The van der Waals surface area contributed by atoms with Crippen LogP contribution in [0.15, 0.2) is 29.6 Å². The predicted octanol–water partition coefficient (Wildman–Crippen LogP) is 5.21. The minimum Gasteiger partial charge on any atom is -0.497 e. The third kappa shape index (κ3) is 4.98. The van der Waals surface area contributed by atoms with E-state index in [4.69, 9.17) is 4.74 Å². The summed E-state index contributed by atoms with van der Waals surface area (Å²) >= 11 is 3.26. The number of carbonyl (C=O) groups is 1. The second-order valence-electron chi connectivity index (χ2n) is 6.30. The zero-order valence-corrected chi connectivity index (χ0v) is 16.3. The lowest BCUT2D eigenvalue weighted by Gasteiger charge is -2.23. The van der Waals surface area contributed by atoms with Crippen LogP contribution in [0, 0.1) is 0 Å². The average Bonchev–Trinajstić information content (AvgIpc) is 3.11. The van der Waals surface area contributed by atoms with Crippen molar-refractivity contribution in [3.63, 3.8) is 0 Å². The molecule has 6 heteroatoms. The second-order valence-corrected chi connectivity index (χ2v) is 8.80. The van der Waals surface area contributed by atoms with Gasteiger partial charge in [0, 0.05) is 16.2 Å². The molecule has 1 aromatic carbocycles. The molecule has 1 aromatic heterocycles. The van der Waals surface area contributed by atoms with Crippen LogP contribution in [0.3, 0.4) is 0 Å². The van der Waals surface area contributed by atoms with Crippen molar-refractivity contribution in [1.82, 2.24) is 4.98 Å². The molecule has 4 nitrogen and oxygen atoms in total. The van der Waals surface area contributed by atoms with E-state index in [0.29, 0.717) is 10.4 Å². The fraction of sp³-hybridized carbons (Fsp3) is 0.474. The first-order chi connectivity index (χ1) is 12.2. The van der Waals surface area contributed by atoms with E-state index in [1.165, 1.54) is 43.4 Å². The van der Waals surface area contributed by atoms with Gasteiger partial charge in [0.05, 0.1) is 18.1 Å². The Morgan fingerprint density at radius 3 is 2.92 bits per heavy atom. The molecule has 25 heavy (non-hydrogen) atoms. The van der Waals surface area contributed by atoms with E-state index >= 15 is 0 Å². The number of nitrogens with one attached hydrogen (secondary N) is 1. The van der Waals surface area contributed by atoms with Crippen molar-refractivity contribution in [2.45, 2.75) is 49.5 Å². The maximum absolute atomic E-state index is 12.4. The maximum atomic E-state index is 12.4. The molecule has 0 spiro atoms. The van der Waals surface area contributed by atoms with Crippen molar-refractivity contribution in [2.75, 3.05) is 12.4 Å². The Kier molecular flexibility index (Phi) is 6.37. The molecule has 1 unspecified atom stereocenters. The minimum atomic E-state index is -0.0488. The molecule has 1 N–H and O–H groups in total. The van der Waals surface area contributed by atoms with Crippen molar-refractivity contribution < 1.29 is 9.53 Å². The van der Waals surface area contributed by atoms with Crippen LogP contribution in [0.1, 0.15) is 39.0 Å². The lowest BCUT2D eigenvalue weighted by atomic mass is 10.0. The molecular weight excluding hydrogens is 352 g/mol. The number of hydrogen-bond acceptors (Lipinski definition) is 5. The third-order valence-corrected chi connectivity index (χ3v) is 6.65. The first-order valence-electron chi connectivity index (χ1n) is 8.72. The zero-order valence-electron chi connectivity index (χ0n) is 14.7. The summed E-state index contributed by atoms with van der Waals surface area (Å²) in [6.45, 7) is 1.99. The van der Waals surface area contributed by atoms with E-state index in [1.807, 2.05) is 36.6 Å². The molecular formula is C19H24N2O2S2. The molecule has 0 aliphatic heterocycles. The highest BCUT2D eigenvalue weighted by Crippen LogP contribution is 2.32. The Morgan fingerprint density at radius 2 is 2.16 bits per heavy atom. The van der Waals surface area contributed by atoms with Crippen LogP contribution in [0.5, 0.6) is 5.75 Å². The fourth-order valence-electron chi connectivity index (χ4n) is 3.00. The topological polar surface area (TPSA) is 51.2 Å². The highest BCUT2D eigenvalue weighted by atomic mass is 32.2. The Balaban J connectivity index is 1.59. The van der Waals surface area contributed by atoms with Crippen LogP contribution >= 0.6 is 23.1 Å². The predicted molar refractivity (Wildman–Crippen MR) is 107 cm³/mol. The van der Waals surface area contributed by atoms with E-state index in [9.17, 15) is 4.79 Å². The fourth-order valence-corrected chi connectivity index (χ4v) is 5.09. The third-order valence-electron chi connectivity index (χ3n) is 4.42. The van der Waals surface area contributed by atoms with Gasteiger partial charge in [0.2, 0.25) is 5.91 Å². The first kappa shape index (κ1) is 18.3. The summed E-state index contributed by atoms with van der Waals surface area (Å²) in [6.07, 6.45) is 6.40. The van der Waals surface area contributed by atoms with Crippen LogP contribution in [0.4, 0.5) is 5.13 Å². The van der Waals surface area contributed by atoms with Gasteiger partial charge in [0.1, 0.15) is 5.75 Å². The number of ether oxygens (including phenoxy) is 1. The van der Waals surface area contributed by atoms with Gasteiger partial charge in [-0.3, -0.25) is 4.79 Å². The van der Waals surface area contributed by atoms with Gasteiger partial charge in [-0.15, -0.1) is 23.1 Å². The molecule has 2 aromatic rings. The van der Waals surface area contributed by atoms with E-state index < -0.39 is 0 Å². The maximum Gasteiger partial charge on any atom is 0.238 e. The highest BCUT2D eigenvalue weighted by Gasteiger charge is 2.22. The van der Waals surface area contributed by atoms with Gasteiger partial charge >= 0.3 is 0 Å². The lowest BCUT2D eigenvalue weighted by Crippen LogP contribution is -2.25. The number of anilines is 1. The van der Waals surface area contributed by atoms with Crippen molar-refractivity contribution in [3.05, 3.63) is 29.6 Å². The van der Waals surface area contributed by atoms with E-state index in [2.05, 4.69) is 10.3 Å². The minimum absolute atomic E-state index is 0.0436. The summed E-state index contributed by atoms with van der Waals surface area (Å²) in [4.78, 5) is 17.0. The monoisotopic (exact) mass is 376 g/mol. The SMILES string of the molecule is COc1cccc(-c2csc(NC(=O)C(C)SC3CCCCC3)n2)c1. The number of methoxy groups -OCH3 is 1. The van der Waals surface area contributed by atoms with Crippen molar-refractivity contribution >= 4 is 34.1 Å². The highest BCUT2D eigenvalue weighted by molar-refractivity contribution is 8.01. The quantitative estimate of drug-likeness (QED) is 0.752. The summed E-state index contributed by atoms with van der Waals surface area (Å²) in [5, 5.41) is 6.15. The lowest BCUT2D eigenvalue weighted by molar-refractivity contribution is -0.115. The molecule has 0 saturated heterocycles. The number of rotatable bonds is 6. The molecule has 1 heterocycles. The molecule has 1 amide bonds. The molecule has 1 aliphatic carbocycles. The van der Waals surface area contributed by atoms with Crippen LogP contribution in [-0.2, 0) is 4.79 Å². The number of thioether (sulfide) groups is 1. The van der Waals surface area contributed by atoms with Crippen LogP contribution in [0.2, 0.25) is 0 Å². The van der Waals surface area contributed by atoms with Crippen LogP contribution in [0.25, 0.3) is 11.3 Å².